The van der Waals surface area contributed by atoms with E-state index in [1.807, 2.05) is 12.2 Å². The molecule has 1 rings (SSSR count). The van der Waals surface area contributed by atoms with E-state index in [9.17, 15) is 0 Å². The van der Waals surface area contributed by atoms with Gasteiger partial charge >= 0.3 is 0 Å². The van der Waals surface area contributed by atoms with Crippen LogP contribution in [0.2, 0.25) is 0 Å². The Balaban J connectivity index is 2.46. The third kappa shape index (κ3) is 0.612. The summed E-state index contributed by atoms with van der Waals surface area (Å²) >= 11 is 0. The molecule has 1 aliphatic heterocycles. The third-order valence-corrected chi connectivity index (χ3v) is 0.635. The van der Waals surface area contributed by atoms with Gasteiger partial charge in [0.05, 0.1) is 0 Å². The van der Waals surface area contributed by atoms with Crippen molar-refractivity contribution >= 4 is 0 Å². The second kappa shape index (κ2) is 1.65. The van der Waals surface area contributed by atoms with E-state index in [1.54, 1.807) is 6.20 Å². The molecule has 1 heterocycles. The quantitative estimate of drug-likeness (QED) is 0.446. The summed E-state index contributed by atoms with van der Waals surface area (Å²) in [5.74, 6) is 0. The van der Waals surface area contributed by atoms with Crippen molar-refractivity contribution in [2.45, 2.75) is 0 Å². The Morgan fingerprint density at radius 2 is 2.67 bits per heavy atom. The predicted molar refractivity (Wildman–Crippen MR) is 25.0 cm³/mol. The van der Waals surface area contributed by atoms with E-state index in [4.69, 9.17) is 0 Å². The lowest BCUT2D eigenvalue weighted by Gasteiger charge is -1.93. The first-order valence-corrected chi connectivity index (χ1v) is 1.96. The first-order chi connectivity index (χ1) is 3.00. The van der Waals surface area contributed by atoms with Gasteiger partial charge in [-0.15, -0.1) is 0 Å². The highest BCUT2D eigenvalue weighted by molar-refractivity contribution is 5.00. The number of hydrogen-bond donors (Lipinski definition) is 1. The molecule has 6 heavy (non-hydrogen) atoms. The van der Waals surface area contributed by atoms with Gasteiger partial charge < -0.3 is 5.32 Å². The second-order valence-electron chi connectivity index (χ2n) is 1.12. The van der Waals surface area contributed by atoms with Crippen molar-refractivity contribution in [3.63, 3.8) is 0 Å². The van der Waals surface area contributed by atoms with Crippen molar-refractivity contribution in [3.8, 4) is 0 Å². The van der Waals surface area contributed by atoms with Crippen molar-refractivity contribution in [3.05, 3.63) is 24.4 Å². The molecule has 1 nitrogen and oxygen atoms in total. The monoisotopic (exact) mass is 80.1 g/mol. The van der Waals surface area contributed by atoms with Crippen LogP contribution in [0.5, 0.6) is 0 Å². The van der Waals surface area contributed by atoms with Crippen LogP contribution in [0.1, 0.15) is 0 Å². The smallest absolute Gasteiger partial charge is 0.0328 e. The Bertz CT molecular complexity index is 69.9. The first-order valence-electron chi connectivity index (χ1n) is 1.96. The average molecular weight is 80.1 g/mol. The highest BCUT2D eigenvalue weighted by Crippen LogP contribution is 1.77. The molecular weight excluding hydrogens is 74.1 g/mol. The maximum atomic E-state index is 2.96. The van der Waals surface area contributed by atoms with Gasteiger partial charge in [0, 0.05) is 12.7 Å². The fraction of sp³-hybridized carbons (Fsp3) is 0.200. The van der Waals surface area contributed by atoms with E-state index in [-0.39, 0.29) is 0 Å². The van der Waals surface area contributed by atoms with Gasteiger partial charge in [-0.2, -0.15) is 0 Å². The number of rotatable bonds is 0. The van der Waals surface area contributed by atoms with Crippen LogP contribution in [-0.4, -0.2) is 6.54 Å². The molecule has 0 saturated heterocycles. The van der Waals surface area contributed by atoms with Gasteiger partial charge in [0.2, 0.25) is 0 Å². The molecule has 0 aromatic heterocycles. The van der Waals surface area contributed by atoms with E-state index in [0.717, 1.165) is 6.54 Å². The van der Waals surface area contributed by atoms with E-state index in [1.165, 1.54) is 0 Å². The standard InChI is InChI=1S/C5H6N/c1-2-4-6-5-3-1/h1-2,5-6H,4H2. The third-order valence-electron chi connectivity index (χ3n) is 0.635. The zero-order valence-corrected chi connectivity index (χ0v) is 3.44. The molecule has 0 aromatic rings. The number of nitrogens with one attached hydrogen (secondary N) is 1. The van der Waals surface area contributed by atoms with Crippen LogP contribution in [0.25, 0.3) is 0 Å². The topological polar surface area (TPSA) is 12.0 Å². The van der Waals surface area contributed by atoms with E-state index in [2.05, 4.69) is 11.4 Å². The van der Waals surface area contributed by atoms with Crippen LogP contribution in [-0.2, 0) is 0 Å². The fourth-order valence-corrected chi connectivity index (χ4v) is 0.361. The Hall–Kier alpha value is -0.720. The molecule has 0 aliphatic carbocycles. The lowest BCUT2D eigenvalue weighted by atomic mass is 10.4. The van der Waals surface area contributed by atoms with Crippen molar-refractivity contribution in [2.24, 2.45) is 0 Å². The van der Waals surface area contributed by atoms with Gasteiger partial charge in [-0.3, -0.25) is 0 Å². The Labute approximate surface area is 37.4 Å². The van der Waals surface area contributed by atoms with Crippen LogP contribution in [0.15, 0.2) is 18.4 Å². The molecule has 0 unspecified atom stereocenters. The summed E-state index contributed by atoms with van der Waals surface area (Å²) in [4.78, 5) is 0. The second-order valence-corrected chi connectivity index (χ2v) is 1.12. The molecule has 1 aliphatic rings. The maximum absolute atomic E-state index is 2.96. The molecule has 0 bridgehead atoms. The summed E-state index contributed by atoms with van der Waals surface area (Å²) in [5.41, 5.74) is 0. The summed E-state index contributed by atoms with van der Waals surface area (Å²) in [6.45, 7) is 0.951. The maximum Gasteiger partial charge on any atom is 0.0328 e. The van der Waals surface area contributed by atoms with Gasteiger partial charge in [-0.25, -0.2) is 0 Å². The summed E-state index contributed by atoms with van der Waals surface area (Å²) in [5, 5.41) is 2.96. The molecule has 0 atom stereocenters. The minimum absolute atomic E-state index is 0.951. The van der Waals surface area contributed by atoms with Gasteiger partial charge in [-0.1, -0.05) is 12.2 Å². The fourth-order valence-electron chi connectivity index (χ4n) is 0.361. The Kier molecular flexibility index (Phi) is 0.955. The summed E-state index contributed by atoms with van der Waals surface area (Å²) in [6.07, 6.45) is 8.59. The Morgan fingerprint density at radius 3 is 2.83 bits per heavy atom. The Morgan fingerprint density at radius 1 is 1.67 bits per heavy atom. The zero-order chi connectivity index (χ0) is 4.24. The molecule has 0 spiro atoms. The minimum Gasteiger partial charge on any atom is -0.387 e. The predicted octanol–water partition coefficient (Wildman–Crippen LogP) is 0.463. The van der Waals surface area contributed by atoms with Gasteiger partial charge in [0.1, 0.15) is 0 Å². The van der Waals surface area contributed by atoms with Crippen LogP contribution in [0.4, 0.5) is 0 Å². The molecule has 0 saturated carbocycles. The average Bonchev–Trinajstić information content (AvgIpc) is 1.72. The van der Waals surface area contributed by atoms with E-state index >= 15 is 0 Å². The van der Waals surface area contributed by atoms with Gasteiger partial charge in [-0.05, 0) is 6.08 Å². The van der Waals surface area contributed by atoms with Gasteiger partial charge in [0.15, 0.2) is 0 Å². The highest BCUT2D eigenvalue weighted by Gasteiger charge is 1.74. The summed E-state index contributed by atoms with van der Waals surface area (Å²) in [6, 6.07) is 0. The van der Waals surface area contributed by atoms with Crippen molar-refractivity contribution in [2.75, 3.05) is 6.54 Å². The molecule has 1 heteroatoms. The molecule has 31 valence electrons. The largest absolute Gasteiger partial charge is 0.387 e. The number of hydrogen-bond acceptors (Lipinski definition) is 1. The molecular formula is C5H6N. The molecule has 0 fully saturated rings. The normalized spacial score (nSPS) is 17.3. The van der Waals surface area contributed by atoms with Gasteiger partial charge in [0.25, 0.3) is 0 Å². The zero-order valence-electron chi connectivity index (χ0n) is 3.44. The van der Waals surface area contributed by atoms with E-state index in [0.29, 0.717) is 0 Å². The van der Waals surface area contributed by atoms with Crippen molar-refractivity contribution in [1.29, 1.82) is 0 Å². The highest BCUT2D eigenvalue weighted by atomic mass is 14.8. The van der Waals surface area contributed by atoms with Crippen LogP contribution in [0.3, 0.4) is 0 Å². The first kappa shape index (κ1) is 3.47. The number of dihydropyridines is 1. The van der Waals surface area contributed by atoms with Crippen LogP contribution < -0.4 is 5.32 Å². The minimum atomic E-state index is 0.951. The molecule has 0 aromatic carbocycles. The van der Waals surface area contributed by atoms with Crippen molar-refractivity contribution in [1.82, 2.24) is 5.32 Å². The SMILES string of the molecule is [C]1=CNCC=C1. The van der Waals surface area contributed by atoms with Crippen molar-refractivity contribution < 1.29 is 0 Å². The lowest BCUT2D eigenvalue weighted by molar-refractivity contribution is 0.966. The van der Waals surface area contributed by atoms with Crippen LogP contribution in [0, 0.1) is 6.08 Å². The molecule has 1 radical (unpaired) electrons. The molecule has 0 amide bonds. The van der Waals surface area contributed by atoms with E-state index < -0.39 is 0 Å². The number of allylic oxidation sites excluding steroid dienone is 2. The molecule has 1 N–H and O–H groups in total. The summed E-state index contributed by atoms with van der Waals surface area (Å²) < 4.78 is 0. The summed E-state index contributed by atoms with van der Waals surface area (Å²) in [7, 11) is 0. The lowest BCUT2D eigenvalue weighted by Crippen LogP contribution is -2.05. The van der Waals surface area contributed by atoms with Crippen LogP contribution >= 0.6 is 0 Å².